The van der Waals surface area contributed by atoms with E-state index in [1.807, 2.05) is 23.1 Å². The summed E-state index contributed by atoms with van der Waals surface area (Å²) >= 11 is 0. The number of likely N-dealkylation sites (tertiary alicyclic amines) is 1. The molecule has 0 radical (unpaired) electrons. The van der Waals surface area contributed by atoms with Gasteiger partial charge in [-0.3, -0.25) is 5.32 Å². The molecule has 0 bridgehead atoms. The molecule has 6 heteroatoms. The summed E-state index contributed by atoms with van der Waals surface area (Å²) in [6.07, 6.45) is 7.95. The van der Waals surface area contributed by atoms with Crippen LogP contribution in [0, 0.1) is 5.41 Å². The van der Waals surface area contributed by atoms with Gasteiger partial charge in [0.05, 0.1) is 6.04 Å². The molecule has 4 rings (SSSR count). The fraction of sp³-hybridized carbons (Fsp3) is 0.353. The minimum atomic E-state index is -0.118. The molecule has 2 aromatic rings. The Kier molecular flexibility index (Phi) is 3.18. The van der Waals surface area contributed by atoms with Gasteiger partial charge in [-0.1, -0.05) is 42.5 Å². The molecule has 1 saturated heterocycles. The molecule has 6 nitrogen and oxygen atoms in total. The lowest BCUT2D eigenvalue weighted by molar-refractivity contribution is -0.0309. The van der Waals surface area contributed by atoms with Crippen LogP contribution in [0.3, 0.4) is 0 Å². The van der Waals surface area contributed by atoms with Gasteiger partial charge in [-0.25, -0.2) is 9.48 Å². The van der Waals surface area contributed by atoms with Crippen molar-refractivity contribution in [3.05, 3.63) is 54.4 Å². The molecule has 0 saturated carbocycles. The summed E-state index contributed by atoms with van der Waals surface area (Å²) in [5, 5.41) is 6.84. The molecule has 1 atom stereocenters. The summed E-state index contributed by atoms with van der Waals surface area (Å²) in [4.78, 5) is 18.6. The van der Waals surface area contributed by atoms with Crippen molar-refractivity contribution in [3.63, 3.8) is 0 Å². The van der Waals surface area contributed by atoms with E-state index in [2.05, 4.69) is 39.7 Å². The second-order valence-electron chi connectivity index (χ2n) is 6.32. The number of benzene rings is 1. The van der Waals surface area contributed by atoms with Gasteiger partial charge in [0.2, 0.25) is 5.95 Å². The van der Waals surface area contributed by atoms with Crippen LogP contribution in [-0.4, -0.2) is 32.2 Å². The van der Waals surface area contributed by atoms with Crippen LogP contribution in [0.1, 0.15) is 24.4 Å². The summed E-state index contributed by atoms with van der Waals surface area (Å²) in [6, 6.07) is 10.3. The molecular weight excluding hydrogens is 290 g/mol. The average molecular weight is 309 g/mol. The topological polar surface area (TPSA) is 63.1 Å². The predicted octanol–water partition coefficient (Wildman–Crippen LogP) is 2.74. The highest BCUT2D eigenvalue weighted by Gasteiger charge is 2.54. The lowest BCUT2D eigenvalue weighted by Gasteiger charge is -2.56. The minimum Gasteiger partial charge on any atom is -0.316 e. The normalized spacial score (nSPS) is 21.4. The Bertz CT molecular complexity index is 743. The molecule has 23 heavy (non-hydrogen) atoms. The van der Waals surface area contributed by atoms with Crippen molar-refractivity contribution in [2.45, 2.75) is 18.9 Å². The second kappa shape index (κ2) is 5.22. The van der Waals surface area contributed by atoms with Gasteiger partial charge in [0, 0.05) is 19.0 Å². The number of aromatic nitrogens is 3. The smallest absolute Gasteiger partial charge is 0.316 e. The third-order valence-electron chi connectivity index (χ3n) is 4.90. The monoisotopic (exact) mass is 309 g/mol. The van der Waals surface area contributed by atoms with Crippen molar-refractivity contribution >= 4 is 12.0 Å². The SMILES string of the molecule is Cn1ncnc1NC(=O)N1CC2(CC=CC2)C1c1ccccc1. The van der Waals surface area contributed by atoms with E-state index in [1.165, 1.54) is 11.9 Å². The van der Waals surface area contributed by atoms with Gasteiger partial charge < -0.3 is 4.90 Å². The molecule has 1 spiro atoms. The Morgan fingerprint density at radius 1 is 1.26 bits per heavy atom. The maximum Gasteiger partial charge on any atom is 0.324 e. The van der Waals surface area contributed by atoms with Crippen LogP contribution < -0.4 is 5.32 Å². The van der Waals surface area contributed by atoms with Crippen molar-refractivity contribution in [1.82, 2.24) is 19.7 Å². The van der Waals surface area contributed by atoms with E-state index in [1.54, 1.807) is 11.7 Å². The number of anilines is 1. The maximum absolute atomic E-state index is 12.7. The van der Waals surface area contributed by atoms with E-state index >= 15 is 0 Å². The zero-order valence-electron chi connectivity index (χ0n) is 13.0. The highest BCUT2D eigenvalue weighted by atomic mass is 16.2. The molecular formula is C17H19N5O. The third kappa shape index (κ3) is 2.21. The predicted molar refractivity (Wildman–Crippen MR) is 86.7 cm³/mol. The standard InChI is InChI=1S/C17H19N5O/c1-21-15(18-12-19-21)20-16(23)22-11-17(9-5-6-10-17)14(22)13-7-3-2-4-8-13/h2-8,12,14H,9-11H2,1H3,(H,18,19,20,23). The van der Waals surface area contributed by atoms with E-state index in [-0.39, 0.29) is 17.5 Å². The van der Waals surface area contributed by atoms with Crippen molar-refractivity contribution in [2.24, 2.45) is 12.5 Å². The van der Waals surface area contributed by atoms with Crippen LogP contribution in [0.4, 0.5) is 10.7 Å². The van der Waals surface area contributed by atoms with Crippen LogP contribution in [-0.2, 0) is 7.05 Å². The first kappa shape index (κ1) is 14.0. The van der Waals surface area contributed by atoms with Gasteiger partial charge in [0.15, 0.2) is 0 Å². The van der Waals surface area contributed by atoms with Gasteiger partial charge >= 0.3 is 6.03 Å². The largest absolute Gasteiger partial charge is 0.324 e. The Hall–Kier alpha value is -2.63. The number of amides is 2. The molecule has 118 valence electrons. The molecule has 2 heterocycles. The number of allylic oxidation sites excluding steroid dienone is 2. The van der Waals surface area contributed by atoms with Gasteiger partial charge in [-0.05, 0) is 18.4 Å². The highest BCUT2D eigenvalue weighted by molar-refractivity contribution is 5.88. The number of carbonyl (C=O) groups excluding carboxylic acids is 1. The van der Waals surface area contributed by atoms with Crippen LogP contribution in [0.15, 0.2) is 48.8 Å². The summed E-state index contributed by atoms with van der Waals surface area (Å²) in [5.41, 5.74) is 1.34. The number of nitrogens with one attached hydrogen (secondary N) is 1. The lowest BCUT2D eigenvalue weighted by atomic mass is 9.67. The Morgan fingerprint density at radius 2 is 2.00 bits per heavy atom. The second-order valence-corrected chi connectivity index (χ2v) is 6.32. The molecule has 1 aromatic carbocycles. The number of carbonyl (C=O) groups is 1. The Labute approximate surface area is 134 Å². The molecule has 2 amide bonds. The summed E-state index contributed by atoms with van der Waals surface area (Å²) in [7, 11) is 1.76. The number of urea groups is 1. The summed E-state index contributed by atoms with van der Waals surface area (Å²) in [6.45, 7) is 0.767. The maximum atomic E-state index is 12.7. The third-order valence-corrected chi connectivity index (χ3v) is 4.90. The van der Waals surface area contributed by atoms with Crippen LogP contribution in [0.2, 0.25) is 0 Å². The van der Waals surface area contributed by atoms with E-state index in [9.17, 15) is 4.79 Å². The van der Waals surface area contributed by atoms with Crippen LogP contribution in [0.5, 0.6) is 0 Å². The summed E-state index contributed by atoms with van der Waals surface area (Å²) < 4.78 is 1.56. The molecule has 1 aromatic heterocycles. The Morgan fingerprint density at radius 3 is 2.65 bits per heavy atom. The molecule has 2 aliphatic rings. The summed E-state index contributed by atoms with van der Waals surface area (Å²) in [5.74, 6) is 0.465. The first-order valence-corrected chi connectivity index (χ1v) is 7.81. The van der Waals surface area contributed by atoms with E-state index < -0.39 is 0 Å². The van der Waals surface area contributed by atoms with Crippen molar-refractivity contribution in [1.29, 1.82) is 0 Å². The zero-order chi connectivity index (χ0) is 15.9. The molecule has 1 N–H and O–H groups in total. The van der Waals surface area contributed by atoms with Gasteiger partial charge in [-0.2, -0.15) is 10.1 Å². The van der Waals surface area contributed by atoms with E-state index in [0.29, 0.717) is 5.95 Å². The first-order valence-electron chi connectivity index (χ1n) is 7.81. The quantitative estimate of drug-likeness (QED) is 0.868. The van der Waals surface area contributed by atoms with Gasteiger partial charge in [0.1, 0.15) is 6.33 Å². The number of nitrogens with zero attached hydrogens (tertiary/aromatic N) is 4. The molecule has 1 aliphatic heterocycles. The van der Waals surface area contributed by atoms with Gasteiger partial charge in [0.25, 0.3) is 0 Å². The average Bonchev–Trinajstić information content (AvgIpc) is 3.17. The molecule has 1 aliphatic carbocycles. The van der Waals surface area contributed by atoms with Crippen molar-refractivity contribution < 1.29 is 4.79 Å². The van der Waals surface area contributed by atoms with E-state index in [0.717, 1.165) is 19.4 Å². The lowest BCUT2D eigenvalue weighted by Crippen LogP contribution is -2.60. The molecule has 1 unspecified atom stereocenters. The van der Waals surface area contributed by atoms with Crippen molar-refractivity contribution in [2.75, 3.05) is 11.9 Å². The number of hydrogen-bond acceptors (Lipinski definition) is 3. The number of hydrogen-bond donors (Lipinski definition) is 1. The zero-order valence-corrected chi connectivity index (χ0v) is 13.0. The number of aryl methyl sites for hydroxylation is 1. The first-order chi connectivity index (χ1) is 11.2. The Balaban J connectivity index is 1.59. The number of rotatable bonds is 2. The van der Waals surface area contributed by atoms with Gasteiger partial charge in [-0.15, -0.1) is 0 Å². The molecule has 1 fully saturated rings. The fourth-order valence-electron chi connectivity index (χ4n) is 3.74. The highest BCUT2D eigenvalue weighted by Crippen LogP contribution is 2.56. The van der Waals surface area contributed by atoms with Crippen molar-refractivity contribution in [3.8, 4) is 0 Å². The van der Waals surface area contributed by atoms with Crippen LogP contribution >= 0.6 is 0 Å². The fourth-order valence-corrected chi connectivity index (χ4v) is 3.74. The van der Waals surface area contributed by atoms with Crippen LogP contribution in [0.25, 0.3) is 0 Å². The minimum absolute atomic E-state index is 0.104. The van der Waals surface area contributed by atoms with E-state index in [4.69, 9.17) is 0 Å².